The van der Waals surface area contributed by atoms with E-state index in [2.05, 4.69) is 51.2 Å². The minimum Gasteiger partial charge on any atom is -0.352 e. The highest BCUT2D eigenvalue weighted by molar-refractivity contribution is 7.99. The molecule has 3 rings (SSSR count). The van der Waals surface area contributed by atoms with Gasteiger partial charge in [0.25, 0.3) is 5.91 Å². The van der Waals surface area contributed by atoms with Gasteiger partial charge in [0.1, 0.15) is 0 Å². The lowest BCUT2D eigenvalue weighted by atomic mass is 10.0. The van der Waals surface area contributed by atoms with Crippen molar-refractivity contribution in [1.29, 1.82) is 0 Å². The van der Waals surface area contributed by atoms with E-state index in [0.717, 1.165) is 35.6 Å². The van der Waals surface area contributed by atoms with Gasteiger partial charge in [0.2, 0.25) is 0 Å². The zero-order valence-corrected chi connectivity index (χ0v) is 17.5. The average Bonchev–Trinajstić information content (AvgIpc) is 2.77. The van der Waals surface area contributed by atoms with E-state index in [0.29, 0.717) is 18.0 Å². The summed E-state index contributed by atoms with van der Waals surface area (Å²) in [6.45, 7) is 9.32. The lowest BCUT2D eigenvalue weighted by Crippen LogP contribution is -2.25. The second-order valence-corrected chi connectivity index (χ2v) is 8.61. The molecule has 1 N–H and O–H groups in total. The van der Waals surface area contributed by atoms with Crippen LogP contribution in [0.2, 0.25) is 0 Å². The van der Waals surface area contributed by atoms with Crippen LogP contribution in [0.25, 0.3) is 0 Å². The summed E-state index contributed by atoms with van der Waals surface area (Å²) < 4.78 is 0. The van der Waals surface area contributed by atoms with Crippen LogP contribution in [-0.2, 0) is 0 Å². The van der Waals surface area contributed by atoms with Gasteiger partial charge in [-0.1, -0.05) is 50.6 Å². The van der Waals surface area contributed by atoms with Crippen LogP contribution in [-0.4, -0.2) is 18.2 Å². The monoisotopic (exact) mass is 380 g/mol. The molecule has 2 aromatic carbocycles. The molecule has 4 heteroatoms. The number of benzene rings is 2. The van der Waals surface area contributed by atoms with Crippen LogP contribution >= 0.6 is 11.8 Å². The Morgan fingerprint density at radius 1 is 1.15 bits per heavy atom. The lowest BCUT2D eigenvalue weighted by molar-refractivity contribution is 0.0952. The summed E-state index contributed by atoms with van der Waals surface area (Å²) in [4.78, 5) is 19.8. The average molecular weight is 381 g/mol. The number of aryl methyl sites for hydroxylation is 1. The second kappa shape index (κ2) is 8.75. The van der Waals surface area contributed by atoms with Gasteiger partial charge < -0.3 is 5.32 Å². The van der Waals surface area contributed by atoms with Gasteiger partial charge in [0, 0.05) is 33.2 Å². The fraction of sp³-hybridized carbons (Fsp3) is 0.391. The van der Waals surface area contributed by atoms with Crippen molar-refractivity contribution in [3.63, 3.8) is 0 Å². The first-order valence-electron chi connectivity index (χ1n) is 9.76. The molecule has 0 fully saturated rings. The number of rotatable bonds is 6. The molecule has 0 bridgehead atoms. The third kappa shape index (κ3) is 4.81. The van der Waals surface area contributed by atoms with E-state index in [9.17, 15) is 4.79 Å². The molecule has 0 saturated heterocycles. The van der Waals surface area contributed by atoms with Gasteiger partial charge in [0.15, 0.2) is 0 Å². The van der Waals surface area contributed by atoms with Gasteiger partial charge in [-0.3, -0.25) is 9.79 Å². The number of nitrogens with zero attached hydrogens (tertiary/aromatic N) is 1. The van der Waals surface area contributed by atoms with Crippen molar-refractivity contribution in [2.75, 3.05) is 6.54 Å². The first-order valence-corrected chi connectivity index (χ1v) is 10.6. The predicted molar refractivity (Wildman–Crippen MR) is 115 cm³/mol. The van der Waals surface area contributed by atoms with E-state index in [1.165, 1.54) is 16.0 Å². The third-order valence-corrected chi connectivity index (χ3v) is 5.78. The number of carbonyl (C=O) groups excluding carboxylic acids is 1. The highest BCUT2D eigenvalue weighted by atomic mass is 32.2. The van der Waals surface area contributed by atoms with Gasteiger partial charge in [-0.25, -0.2) is 0 Å². The van der Waals surface area contributed by atoms with Gasteiger partial charge in [-0.15, -0.1) is 0 Å². The van der Waals surface area contributed by atoms with E-state index in [1.807, 2.05) is 18.2 Å². The smallest absolute Gasteiger partial charge is 0.251 e. The minimum atomic E-state index is -0.0201. The molecule has 1 heterocycles. The Hall–Kier alpha value is -2.07. The molecule has 1 aliphatic heterocycles. The van der Waals surface area contributed by atoms with Crippen LogP contribution in [0.3, 0.4) is 0 Å². The molecular formula is C23H28N2OS. The Kier molecular flexibility index (Phi) is 6.38. The maximum Gasteiger partial charge on any atom is 0.251 e. The van der Waals surface area contributed by atoms with E-state index >= 15 is 0 Å². The SMILES string of the molecule is CCCC1=Nc2cc(C(=O)NCCC(C)C)ccc2Sc2ccc(C)cc21. The summed E-state index contributed by atoms with van der Waals surface area (Å²) in [5.74, 6) is 0.560. The highest BCUT2D eigenvalue weighted by Gasteiger charge is 2.18. The molecule has 0 aliphatic carbocycles. The van der Waals surface area contributed by atoms with Crippen molar-refractivity contribution < 1.29 is 4.79 Å². The summed E-state index contributed by atoms with van der Waals surface area (Å²) in [6, 6.07) is 12.4. The van der Waals surface area contributed by atoms with Crippen molar-refractivity contribution >= 4 is 29.1 Å². The molecule has 0 unspecified atom stereocenters. The van der Waals surface area contributed by atoms with Crippen LogP contribution in [0.5, 0.6) is 0 Å². The first kappa shape index (κ1) is 19.7. The van der Waals surface area contributed by atoms with Gasteiger partial charge in [0.05, 0.1) is 5.69 Å². The molecular weight excluding hydrogens is 352 g/mol. The Morgan fingerprint density at radius 2 is 1.93 bits per heavy atom. The largest absolute Gasteiger partial charge is 0.352 e. The Bertz CT molecular complexity index is 871. The molecule has 0 aromatic heterocycles. The highest BCUT2D eigenvalue weighted by Crippen LogP contribution is 2.41. The van der Waals surface area contributed by atoms with Crippen molar-refractivity contribution in [2.45, 2.75) is 56.7 Å². The molecule has 3 nitrogen and oxygen atoms in total. The van der Waals surface area contributed by atoms with E-state index < -0.39 is 0 Å². The number of amides is 1. The van der Waals surface area contributed by atoms with Crippen LogP contribution in [0.1, 0.15) is 61.5 Å². The number of hydrogen-bond donors (Lipinski definition) is 1. The van der Waals surface area contributed by atoms with E-state index in [4.69, 9.17) is 4.99 Å². The van der Waals surface area contributed by atoms with Crippen LogP contribution < -0.4 is 5.32 Å². The lowest BCUT2D eigenvalue weighted by Gasteiger charge is -2.09. The fourth-order valence-electron chi connectivity index (χ4n) is 3.12. The fourth-order valence-corrected chi connectivity index (χ4v) is 4.12. The Morgan fingerprint density at radius 3 is 2.67 bits per heavy atom. The second-order valence-electron chi connectivity index (χ2n) is 7.53. The molecule has 0 atom stereocenters. The molecule has 1 aliphatic rings. The van der Waals surface area contributed by atoms with Crippen LogP contribution in [0.15, 0.2) is 51.2 Å². The first-order chi connectivity index (χ1) is 13.0. The normalized spacial score (nSPS) is 12.9. The van der Waals surface area contributed by atoms with E-state index in [1.54, 1.807) is 11.8 Å². The maximum absolute atomic E-state index is 12.5. The summed E-state index contributed by atoms with van der Waals surface area (Å²) in [5.41, 5.74) is 5.16. The standard InChI is InChI=1S/C23H28N2OS/c1-5-6-19-18-13-16(4)7-9-21(18)27-22-10-8-17(14-20(22)25-19)23(26)24-12-11-15(2)3/h7-10,13-15H,5-6,11-12H2,1-4H3,(H,24,26). The minimum absolute atomic E-state index is 0.0201. The molecule has 27 heavy (non-hydrogen) atoms. The Labute approximate surface area is 166 Å². The molecule has 142 valence electrons. The van der Waals surface area contributed by atoms with Crippen LogP contribution in [0.4, 0.5) is 5.69 Å². The number of aliphatic imine (C=N–C) groups is 1. The molecule has 0 spiro atoms. The van der Waals surface area contributed by atoms with Crippen molar-refractivity contribution in [3.05, 3.63) is 53.1 Å². The number of fused-ring (bicyclic) bond motifs is 2. The topological polar surface area (TPSA) is 41.5 Å². The van der Waals surface area contributed by atoms with Crippen molar-refractivity contribution in [3.8, 4) is 0 Å². The van der Waals surface area contributed by atoms with Gasteiger partial charge in [-0.05, 0) is 56.0 Å². The van der Waals surface area contributed by atoms with E-state index in [-0.39, 0.29) is 5.91 Å². The summed E-state index contributed by atoms with van der Waals surface area (Å²) >= 11 is 1.74. The Balaban J connectivity index is 1.92. The zero-order chi connectivity index (χ0) is 19.4. The summed E-state index contributed by atoms with van der Waals surface area (Å²) in [6.07, 6.45) is 2.96. The molecule has 0 radical (unpaired) electrons. The van der Waals surface area contributed by atoms with Crippen LogP contribution in [0, 0.1) is 12.8 Å². The number of carbonyl (C=O) groups is 1. The van der Waals surface area contributed by atoms with Gasteiger partial charge >= 0.3 is 0 Å². The maximum atomic E-state index is 12.5. The van der Waals surface area contributed by atoms with Crippen molar-refractivity contribution in [1.82, 2.24) is 5.32 Å². The molecule has 2 aromatic rings. The number of nitrogens with one attached hydrogen (secondary N) is 1. The predicted octanol–water partition coefficient (Wildman–Crippen LogP) is 6.16. The quantitative estimate of drug-likeness (QED) is 0.652. The zero-order valence-electron chi connectivity index (χ0n) is 16.6. The molecule has 0 saturated carbocycles. The van der Waals surface area contributed by atoms with Crippen molar-refractivity contribution in [2.24, 2.45) is 10.9 Å². The van der Waals surface area contributed by atoms with Gasteiger partial charge in [-0.2, -0.15) is 0 Å². The molecule has 1 amide bonds. The number of hydrogen-bond acceptors (Lipinski definition) is 3. The third-order valence-electron chi connectivity index (χ3n) is 4.64. The summed E-state index contributed by atoms with van der Waals surface area (Å²) in [5, 5.41) is 3.02. The summed E-state index contributed by atoms with van der Waals surface area (Å²) in [7, 11) is 0.